The highest BCUT2D eigenvalue weighted by molar-refractivity contribution is 6.63. The first kappa shape index (κ1) is 35.0. The molecule has 0 saturated carbocycles. The fraction of sp³-hybridized carbons (Fsp3) is 0.270. The summed E-state index contributed by atoms with van der Waals surface area (Å²) in [5, 5.41) is 8.22. The molecule has 0 radical (unpaired) electrons. The lowest BCUT2D eigenvalue weighted by atomic mass is 10.0. The number of benzene rings is 4. The number of rotatable bonds is 13. The number of carboxylic acid groups (broad SMARTS) is 1. The molecule has 1 N–H and O–H groups in total. The number of unbranched alkanes of at least 4 members (excludes halogenated alkanes) is 3. The summed E-state index contributed by atoms with van der Waals surface area (Å²) >= 11 is 5.07. The highest BCUT2D eigenvalue weighted by Crippen LogP contribution is 2.20. The van der Waals surface area contributed by atoms with Crippen molar-refractivity contribution in [1.82, 2.24) is 0 Å². The van der Waals surface area contributed by atoms with E-state index in [-0.39, 0.29) is 17.6 Å². The van der Waals surface area contributed by atoms with Gasteiger partial charge in [0.1, 0.15) is 0 Å². The molecule has 0 spiro atoms. The summed E-state index contributed by atoms with van der Waals surface area (Å²) < 4.78 is 4.40. The minimum atomic E-state index is -0.697. The van der Waals surface area contributed by atoms with Crippen LogP contribution >= 0.6 is 11.6 Å². The summed E-state index contributed by atoms with van der Waals surface area (Å²) in [5.74, 6) is -0.941. The number of halogens is 1. The van der Waals surface area contributed by atoms with E-state index in [0.717, 1.165) is 25.7 Å². The molecule has 0 aliphatic carbocycles. The van der Waals surface area contributed by atoms with Crippen molar-refractivity contribution >= 4 is 28.8 Å². The Bertz CT molecular complexity index is 1290. The number of carbonyl (C=O) groups excluding carboxylic acids is 2. The van der Waals surface area contributed by atoms with E-state index in [2.05, 4.69) is 89.7 Å². The van der Waals surface area contributed by atoms with E-state index in [9.17, 15) is 14.4 Å². The topological polar surface area (TPSA) is 80.7 Å². The van der Waals surface area contributed by atoms with E-state index in [1.54, 1.807) is 0 Å². The SMILES string of the molecule is COC(=O)CCCCC(=O)Cl.O=C(O)CCCCCc1ccc(-c2ccccc2)cc1.c1ccc(-c2ccccc2)cc1. The number of hydrogen-bond donors (Lipinski definition) is 1. The van der Waals surface area contributed by atoms with Crippen molar-refractivity contribution in [2.45, 2.75) is 57.8 Å². The summed E-state index contributed by atoms with van der Waals surface area (Å²) in [4.78, 5) is 31.1. The normalized spacial score (nSPS) is 9.91. The van der Waals surface area contributed by atoms with Crippen LogP contribution < -0.4 is 0 Å². The van der Waals surface area contributed by atoms with Crippen molar-refractivity contribution in [3.05, 3.63) is 121 Å². The Morgan fingerprint density at radius 2 is 0.977 bits per heavy atom. The molecule has 4 rings (SSSR count). The summed E-state index contributed by atoms with van der Waals surface area (Å²) in [6, 6.07) is 39.8. The Morgan fingerprint density at radius 3 is 1.40 bits per heavy atom. The predicted octanol–water partition coefficient (Wildman–Crippen LogP) is 9.38. The Hall–Kier alpha value is -4.22. The first-order valence-electron chi connectivity index (χ1n) is 14.6. The van der Waals surface area contributed by atoms with Crippen LogP contribution in [0, 0.1) is 0 Å². The van der Waals surface area contributed by atoms with E-state index in [1.807, 2.05) is 30.3 Å². The third-order valence-electron chi connectivity index (χ3n) is 6.53. The molecule has 0 aliphatic heterocycles. The van der Waals surface area contributed by atoms with Crippen LogP contribution in [0.5, 0.6) is 0 Å². The van der Waals surface area contributed by atoms with Gasteiger partial charge >= 0.3 is 11.9 Å². The van der Waals surface area contributed by atoms with E-state index < -0.39 is 5.97 Å². The lowest BCUT2D eigenvalue weighted by Gasteiger charge is -2.04. The minimum absolute atomic E-state index is 0.243. The van der Waals surface area contributed by atoms with Gasteiger partial charge in [0.25, 0.3) is 0 Å². The second-order valence-electron chi connectivity index (χ2n) is 9.89. The number of esters is 1. The average molecular weight is 601 g/mol. The summed E-state index contributed by atoms with van der Waals surface area (Å²) in [6.07, 6.45) is 6.12. The number of carbonyl (C=O) groups is 3. The molecule has 4 aromatic rings. The molecule has 226 valence electrons. The van der Waals surface area contributed by atoms with Crippen molar-refractivity contribution in [2.75, 3.05) is 7.11 Å². The molecule has 5 nitrogen and oxygen atoms in total. The van der Waals surface area contributed by atoms with E-state index >= 15 is 0 Å². The molecule has 0 atom stereocenters. The molecule has 0 aliphatic rings. The van der Waals surface area contributed by atoms with Crippen LogP contribution in [0.15, 0.2) is 115 Å². The van der Waals surface area contributed by atoms with Crippen LogP contribution in [-0.2, 0) is 25.5 Å². The maximum atomic E-state index is 10.5. The van der Waals surface area contributed by atoms with Crippen LogP contribution in [-0.4, -0.2) is 29.4 Å². The first-order valence-corrected chi connectivity index (χ1v) is 15.0. The quantitative estimate of drug-likeness (QED) is 0.0939. The zero-order valence-electron chi connectivity index (χ0n) is 24.8. The Kier molecular flexibility index (Phi) is 17.5. The number of ether oxygens (including phenoxy) is 1. The highest BCUT2D eigenvalue weighted by Gasteiger charge is 2.01. The smallest absolute Gasteiger partial charge is 0.305 e. The first-order chi connectivity index (χ1) is 20.9. The predicted molar refractivity (Wildman–Crippen MR) is 175 cm³/mol. The number of aliphatic carboxylic acids is 1. The van der Waals surface area contributed by atoms with E-state index in [1.165, 1.54) is 34.9 Å². The molecule has 0 unspecified atom stereocenters. The third-order valence-corrected chi connectivity index (χ3v) is 6.72. The Balaban J connectivity index is 0.000000241. The second kappa shape index (κ2) is 21.5. The maximum Gasteiger partial charge on any atom is 0.305 e. The lowest BCUT2D eigenvalue weighted by molar-refractivity contribution is -0.141. The average Bonchev–Trinajstić information content (AvgIpc) is 3.05. The minimum Gasteiger partial charge on any atom is -0.481 e. The summed E-state index contributed by atoms with van der Waals surface area (Å²) in [5.41, 5.74) is 6.34. The molecule has 0 bridgehead atoms. The largest absolute Gasteiger partial charge is 0.481 e. The van der Waals surface area contributed by atoms with Crippen LogP contribution in [0.1, 0.15) is 56.9 Å². The Labute approximate surface area is 260 Å². The fourth-order valence-corrected chi connectivity index (χ4v) is 4.31. The van der Waals surface area contributed by atoms with Gasteiger partial charge in [-0.15, -0.1) is 0 Å². The lowest BCUT2D eigenvalue weighted by Crippen LogP contribution is -1.99. The molecule has 0 aromatic heterocycles. The zero-order chi connectivity index (χ0) is 31.1. The van der Waals surface area contributed by atoms with Gasteiger partial charge in [0, 0.05) is 19.3 Å². The van der Waals surface area contributed by atoms with Crippen molar-refractivity contribution in [3.8, 4) is 22.3 Å². The molecule has 0 saturated heterocycles. The summed E-state index contributed by atoms with van der Waals surface area (Å²) in [7, 11) is 1.34. The van der Waals surface area contributed by atoms with Gasteiger partial charge in [-0.25, -0.2) is 0 Å². The molecular weight excluding hydrogens is 560 g/mol. The molecule has 4 aromatic carbocycles. The molecular formula is C37H41ClO5. The van der Waals surface area contributed by atoms with Gasteiger partial charge in [0.05, 0.1) is 7.11 Å². The van der Waals surface area contributed by atoms with E-state index in [0.29, 0.717) is 25.7 Å². The van der Waals surface area contributed by atoms with Gasteiger partial charge in [-0.3, -0.25) is 14.4 Å². The van der Waals surface area contributed by atoms with Gasteiger partial charge in [-0.05, 0) is 71.5 Å². The van der Waals surface area contributed by atoms with Gasteiger partial charge < -0.3 is 9.84 Å². The third kappa shape index (κ3) is 16.1. The van der Waals surface area contributed by atoms with Crippen molar-refractivity contribution in [1.29, 1.82) is 0 Å². The number of methoxy groups -OCH3 is 1. The molecule has 43 heavy (non-hydrogen) atoms. The van der Waals surface area contributed by atoms with Crippen LogP contribution in [0.4, 0.5) is 0 Å². The molecule has 0 amide bonds. The highest BCUT2D eigenvalue weighted by atomic mass is 35.5. The number of carboxylic acids is 1. The zero-order valence-corrected chi connectivity index (χ0v) is 25.5. The molecule has 6 heteroatoms. The van der Waals surface area contributed by atoms with Crippen molar-refractivity contribution in [2.24, 2.45) is 0 Å². The van der Waals surface area contributed by atoms with Gasteiger partial charge in [0.15, 0.2) is 0 Å². The maximum absolute atomic E-state index is 10.5. The van der Waals surface area contributed by atoms with Crippen LogP contribution in [0.3, 0.4) is 0 Å². The summed E-state index contributed by atoms with van der Waals surface area (Å²) in [6.45, 7) is 0. The standard InChI is InChI=1S/C18H20O2.C12H10.C7H11ClO3/c19-18(20)10-6-1-3-7-15-11-13-17(14-12-15)16-8-4-2-5-9-16;1-3-7-11(8-4-1)12-9-5-2-6-10-12;1-11-7(10)5-3-2-4-6(8)9/h2,4-5,8-9,11-14H,1,3,6-7,10H2,(H,19,20);1-10H;2-5H2,1H3. The van der Waals surface area contributed by atoms with E-state index in [4.69, 9.17) is 16.7 Å². The van der Waals surface area contributed by atoms with Crippen molar-refractivity contribution < 1.29 is 24.2 Å². The molecule has 0 heterocycles. The monoisotopic (exact) mass is 600 g/mol. The second-order valence-corrected chi connectivity index (χ2v) is 10.3. The van der Waals surface area contributed by atoms with Gasteiger partial charge in [-0.2, -0.15) is 0 Å². The number of aryl methyl sites for hydroxylation is 1. The fourth-order valence-electron chi connectivity index (χ4n) is 4.17. The number of hydrogen-bond acceptors (Lipinski definition) is 4. The van der Waals surface area contributed by atoms with Crippen molar-refractivity contribution in [3.63, 3.8) is 0 Å². The van der Waals surface area contributed by atoms with Crippen LogP contribution in [0.2, 0.25) is 0 Å². The van der Waals surface area contributed by atoms with Gasteiger partial charge in [-0.1, -0.05) is 122 Å². The van der Waals surface area contributed by atoms with Gasteiger partial charge in [0.2, 0.25) is 5.24 Å². The van der Waals surface area contributed by atoms with Crippen LogP contribution in [0.25, 0.3) is 22.3 Å². The Morgan fingerprint density at radius 1 is 0.558 bits per heavy atom. The molecule has 0 fully saturated rings.